The summed E-state index contributed by atoms with van der Waals surface area (Å²) in [7, 11) is 0. The number of aliphatic hydroxyl groups excluding tert-OH is 1. The van der Waals surface area contributed by atoms with Crippen molar-refractivity contribution in [1.82, 2.24) is 9.97 Å². The van der Waals surface area contributed by atoms with Gasteiger partial charge in [-0.3, -0.25) is 4.79 Å². The van der Waals surface area contributed by atoms with Crippen LogP contribution in [0.1, 0.15) is 25.7 Å². The summed E-state index contributed by atoms with van der Waals surface area (Å²) in [6.45, 7) is 0.955. The van der Waals surface area contributed by atoms with Gasteiger partial charge in [-0.25, -0.2) is 4.98 Å². The number of nitrogens with zero attached hydrogens (tertiary/aromatic N) is 1. The van der Waals surface area contributed by atoms with Gasteiger partial charge in [0, 0.05) is 25.5 Å². The molecular formula is C12H19N3O2. The zero-order chi connectivity index (χ0) is 12.1. The summed E-state index contributed by atoms with van der Waals surface area (Å²) < 4.78 is 0. The van der Waals surface area contributed by atoms with Gasteiger partial charge < -0.3 is 15.4 Å². The molecule has 17 heavy (non-hydrogen) atoms. The lowest BCUT2D eigenvalue weighted by molar-refractivity contribution is 0.141. The average Bonchev–Trinajstić information content (AvgIpc) is 2.38. The molecule has 5 heteroatoms. The van der Waals surface area contributed by atoms with E-state index in [2.05, 4.69) is 15.3 Å². The standard InChI is InChI=1S/C12H19N3O2/c16-8-10-4-2-1-3-9(10)7-15-11-12(17)14-6-5-13-11/h5-6,9-10,16H,1-4,7-8H2,(H,13,15)(H,14,17). The van der Waals surface area contributed by atoms with Crippen LogP contribution in [0.2, 0.25) is 0 Å². The number of aromatic nitrogens is 2. The van der Waals surface area contributed by atoms with Crippen molar-refractivity contribution in [2.75, 3.05) is 18.5 Å². The quantitative estimate of drug-likeness (QED) is 0.729. The van der Waals surface area contributed by atoms with E-state index in [9.17, 15) is 9.90 Å². The van der Waals surface area contributed by atoms with Crippen LogP contribution in [-0.2, 0) is 0 Å². The van der Waals surface area contributed by atoms with E-state index in [0.717, 1.165) is 12.8 Å². The van der Waals surface area contributed by atoms with Crippen molar-refractivity contribution in [3.8, 4) is 0 Å². The number of hydrogen-bond acceptors (Lipinski definition) is 4. The Morgan fingerprint density at radius 1 is 1.41 bits per heavy atom. The van der Waals surface area contributed by atoms with E-state index < -0.39 is 0 Å². The van der Waals surface area contributed by atoms with Crippen molar-refractivity contribution in [3.63, 3.8) is 0 Å². The Kier molecular flexibility index (Phi) is 4.14. The van der Waals surface area contributed by atoms with Crippen molar-refractivity contribution >= 4 is 5.82 Å². The SMILES string of the molecule is O=c1[nH]ccnc1NCC1CCCCC1CO. The molecule has 2 atom stereocenters. The summed E-state index contributed by atoms with van der Waals surface area (Å²) in [4.78, 5) is 18.0. The van der Waals surface area contributed by atoms with Crippen LogP contribution in [0.4, 0.5) is 5.82 Å². The topological polar surface area (TPSA) is 78.0 Å². The lowest BCUT2D eigenvalue weighted by Crippen LogP contribution is -2.30. The van der Waals surface area contributed by atoms with Crippen LogP contribution in [0.3, 0.4) is 0 Å². The minimum absolute atomic E-state index is 0.191. The van der Waals surface area contributed by atoms with Crippen LogP contribution in [0, 0.1) is 11.8 Å². The Hall–Kier alpha value is -1.36. The first-order chi connectivity index (χ1) is 8.31. The predicted octanol–water partition coefficient (Wildman–Crippen LogP) is 0.980. The number of H-pyrrole nitrogens is 1. The van der Waals surface area contributed by atoms with Gasteiger partial charge in [0.15, 0.2) is 5.82 Å². The minimum Gasteiger partial charge on any atom is -0.396 e. The first-order valence-corrected chi connectivity index (χ1v) is 6.19. The maximum Gasteiger partial charge on any atom is 0.290 e. The third-order valence-electron chi connectivity index (χ3n) is 3.54. The van der Waals surface area contributed by atoms with Crippen molar-refractivity contribution in [2.45, 2.75) is 25.7 Å². The zero-order valence-electron chi connectivity index (χ0n) is 9.85. The number of hydrogen-bond donors (Lipinski definition) is 3. The van der Waals surface area contributed by atoms with E-state index >= 15 is 0 Å². The first-order valence-electron chi connectivity index (χ1n) is 6.19. The maximum atomic E-state index is 11.4. The van der Waals surface area contributed by atoms with Gasteiger partial charge in [-0.15, -0.1) is 0 Å². The predicted molar refractivity (Wildman–Crippen MR) is 65.9 cm³/mol. The molecule has 1 heterocycles. The number of aliphatic hydroxyl groups is 1. The van der Waals surface area contributed by atoms with Gasteiger partial charge in [-0.05, 0) is 24.7 Å². The van der Waals surface area contributed by atoms with Crippen LogP contribution in [0.25, 0.3) is 0 Å². The molecule has 94 valence electrons. The second-order valence-corrected chi connectivity index (χ2v) is 4.63. The summed E-state index contributed by atoms with van der Waals surface area (Å²) in [5.74, 6) is 1.17. The maximum absolute atomic E-state index is 11.4. The molecule has 0 bridgehead atoms. The molecule has 0 saturated heterocycles. The molecule has 1 saturated carbocycles. The Morgan fingerprint density at radius 3 is 2.88 bits per heavy atom. The fraction of sp³-hybridized carbons (Fsp3) is 0.667. The van der Waals surface area contributed by atoms with E-state index in [1.807, 2.05) is 0 Å². The van der Waals surface area contributed by atoms with Gasteiger partial charge >= 0.3 is 0 Å². The van der Waals surface area contributed by atoms with Crippen molar-refractivity contribution in [3.05, 3.63) is 22.7 Å². The van der Waals surface area contributed by atoms with Crippen molar-refractivity contribution < 1.29 is 5.11 Å². The summed E-state index contributed by atoms with van der Waals surface area (Å²) in [5, 5.41) is 12.4. The molecule has 1 aromatic rings. The molecular weight excluding hydrogens is 218 g/mol. The Labute approximate surface area is 100 Å². The van der Waals surface area contributed by atoms with Crippen LogP contribution < -0.4 is 10.9 Å². The van der Waals surface area contributed by atoms with E-state index in [-0.39, 0.29) is 12.2 Å². The van der Waals surface area contributed by atoms with E-state index in [1.54, 1.807) is 6.20 Å². The van der Waals surface area contributed by atoms with Gasteiger partial charge in [0.25, 0.3) is 5.56 Å². The molecule has 5 nitrogen and oxygen atoms in total. The highest BCUT2D eigenvalue weighted by Gasteiger charge is 2.24. The molecule has 1 aliphatic rings. The normalized spacial score (nSPS) is 24.5. The summed E-state index contributed by atoms with van der Waals surface area (Å²) in [6.07, 6.45) is 7.69. The highest BCUT2D eigenvalue weighted by atomic mass is 16.3. The second-order valence-electron chi connectivity index (χ2n) is 4.63. The smallest absolute Gasteiger partial charge is 0.290 e. The fourth-order valence-electron chi connectivity index (χ4n) is 2.50. The highest BCUT2D eigenvalue weighted by Crippen LogP contribution is 2.29. The summed E-state index contributed by atoms with van der Waals surface area (Å²) in [5.41, 5.74) is -0.191. The van der Waals surface area contributed by atoms with Crippen molar-refractivity contribution in [2.24, 2.45) is 11.8 Å². The van der Waals surface area contributed by atoms with E-state index in [0.29, 0.717) is 24.2 Å². The number of nitrogens with one attached hydrogen (secondary N) is 2. The molecule has 2 unspecified atom stereocenters. The number of aromatic amines is 1. The van der Waals surface area contributed by atoms with Gasteiger partial charge in [0.05, 0.1) is 0 Å². The largest absolute Gasteiger partial charge is 0.396 e. The lowest BCUT2D eigenvalue weighted by Gasteiger charge is -2.30. The lowest BCUT2D eigenvalue weighted by atomic mass is 9.79. The van der Waals surface area contributed by atoms with Gasteiger partial charge in [-0.1, -0.05) is 12.8 Å². The molecule has 0 aliphatic heterocycles. The Morgan fingerprint density at radius 2 is 2.18 bits per heavy atom. The average molecular weight is 237 g/mol. The number of anilines is 1. The Bertz CT molecular complexity index is 405. The second kappa shape index (κ2) is 5.82. The molecule has 3 N–H and O–H groups in total. The summed E-state index contributed by atoms with van der Waals surface area (Å²) in [6, 6.07) is 0. The molecule has 1 fully saturated rings. The number of rotatable bonds is 4. The van der Waals surface area contributed by atoms with Gasteiger partial charge in [0.1, 0.15) is 0 Å². The van der Waals surface area contributed by atoms with Gasteiger partial charge in [-0.2, -0.15) is 0 Å². The van der Waals surface area contributed by atoms with E-state index in [1.165, 1.54) is 19.0 Å². The highest BCUT2D eigenvalue weighted by molar-refractivity contribution is 5.29. The fourth-order valence-corrected chi connectivity index (χ4v) is 2.50. The molecule has 1 aromatic heterocycles. The molecule has 0 spiro atoms. The third kappa shape index (κ3) is 3.06. The van der Waals surface area contributed by atoms with Crippen LogP contribution in [0.15, 0.2) is 17.2 Å². The van der Waals surface area contributed by atoms with Crippen LogP contribution in [-0.4, -0.2) is 28.2 Å². The van der Waals surface area contributed by atoms with Crippen LogP contribution in [0.5, 0.6) is 0 Å². The van der Waals surface area contributed by atoms with Crippen LogP contribution >= 0.6 is 0 Å². The molecule has 2 rings (SSSR count). The summed E-state index contributed by atoms with van der Waals surface area (Å²) >= 11 is 0. The third-order valence-corrected chi connectivity index (χ3v) is 3.54. The molecule has 1 aliphatic carbocycles. The van der Waals surface area contributed by atoms with Gasteiger partial charge in [0.2, 0.25) is 0 Å². The molecule has 0 aromatic carbocycles. The monoisotopic (exact) mass is 237 g/mol. The first kappa shape index (κ1) is 12.1. The molecule has 0 amide bonds. The Balaban J connectivity index is 1.93. The minimum atomic E-state index is -0.191. The molecule has 0 radical (unpaired) electrons. The zero-order valence-corrected chi connectivity index (χ0v) is 9.85. The van der Waals surface area contributed by atoms with E-state index in [4.69, 9.17) is 0 Å². The van der Waals surface area contributed by atoms with Crippen molar-refractivity contribution in [1.29, 1.82) is 0 Å².